The highest BCUT2D eigenvalue weighted by Crippen LogP contribution is 2.33. The van der Waals surface area contributed by atoms with Gasteiger partial charge in [0.1, 0.15) is 5.82 Å². The lowest BCUT2D eigenvalue weighted by atomic mass is 10.0. The summed E-state index contributed by atoms with van der Waals surface area (Å²) < 4.78 is 0. The molecule has 0 saturated carbocycles. The number of fused-ring (bicyclic) bond motifs is 1. The smallest absolute Gasteiger partial charge is 0.133 e. The first kappa shape index (κ1) is 12.5. The zero-order valence-corrected chi connectivity index (χ0v) is 11.4. The van der Waals surface area contributed by atoms with Gasteiger partial charge in [0.2, 0.25) is 0 Å². The van der Waals surface area contributed by atoms with Gasteiger partial charge in [-0.3, -0.25) is 0 Å². The van der Waals surface area contributed by atoms with E-state index >= 15 is 0 Å². The molecule has 19 heavy (non-hydrogen) atoms. The first-order valence-electron chi connectivity index (χ1n) is 6.50. The summed E-state index contributed by atoms with van der Waals surface area (Å²) in [6, 6.07) is 12.3. The number of nitrogens with two attached hydrogens (primary N) is 1. The third kappa shape index (κ3) is 2.31. The van der Waals surface area contributed by atoms with E-state index in [0.29, 0.717) is 11.6 Å². The standard InChI is InChI=1S/C15H16ClN3/c16-12-7-8-15(18-13(12)10-17)19-9-3-5-11-4-1-2-6-14(11)19/h1-2,4,6-8H,3,5,9-10,17H2. The first-order valence-corrected chi connectivity index (χ1v) is 6.88. The summed E-state index contributed by atoms with van der Waals surface area (Å²) in [5.74, 6) is 0.928. The van der Waals surface area contributed by atoms with Crippen LogP contribution in [-0.4, -0.2) is 11.5 Å². The van der Waals surface area contributed by atoms with Crippen molar-refractivity contribution in [1.29, 1.82) is 0 Å². The fourth-order valence-electron chi connectivity index (χ4n) is 2.54. The lowest BCUT2D eigenvalue weighted by Crippen LogP contribution is -2.25. The number of nitrogens with zero attached hydrogens (tertiary/aromatic N) is 2. The van der Waals surface area contributed by atoms with Crippen molar-refractivity contribution in [3.05, 3.63) is 52.7 Å². The van der Waals surface area contributed by atoms with E-state index in [-0.39, 0.29) is 0 Å². The Hall–Kier alpha value is -1.58. The molecule has 3 nitrogen and oxygen atoms in total. The fourth-order valence-corrected chi connectivity index (χ4v) is 2.72. The van der Waals surface area contributed by atoms with Crippen molar-refractivity contribution in [2.24, 2.45) is 5.73 Å². The van der Waals surface area contributed by atoms with Crippen LogP contribution >= 0.6 is 11.6 Å². The molecule has 0 saturated heterocycles. The van der Waals surface area contributed by atoms with E-state index in [1.165, 1.54) is 11.3 Å². The molecule has 0 aliphatic carbocycles. The molecule has 2 heterocycles. The highest BCUT2D eigenvalue weighted by molar-refractivity contribution is 6.31. The largest absolute Gasteiger partial charge is 0.326 e. The van der Waals surface area contributed by atoms with Gasteiger partial charge in [0.15, 0.2) is 0 Å². The van der Waals surface area contributed by atoms with Crippen LogP contribution in [0, 0.1) is 0 Å². The monoisotopic (exact) mass is 273 g/mol. The molecule has 4 heteroatoms. The zero-order chi connectivity index (χ0) is 13.2. The maximum Gasteiger partial charge on any atom is 0.133 e. The summed E-state index contributed by atoms with van der Waals surface area (Å²) >= 11 is 6.07. The summed E-state index contributed by atoms with van der Waals surface area (Å²) in [5.41, 5.74) is 9.05. The van der Waals surface area contributed by atoms with Gasteiger partial charge in [-0.15, -0.1) is 0 Å². The number of hydrogen-bond acceptors (Lipinski definition) is 3. The SMILES string of the molecule is NCc1nc(N2CCCc3ccccc32)ccc1Cl. The Bertz CT molecular complexity index is 598. The molecule has 0 radical (unpaired) electrons. The molecule has 2 aromatic rings. The van der Waals surface area contributed by atoms with Gasteiger partial charge < -0.3 is 10.6 Å². The average molecular weight is 274 g/mol. The molecule has 1 aromatic carbocycles. The Kier molecular flexibility index (Phi) is 3.40. The topological polar surface area (TPSA) is 42.1 Å². The molecule has 3 rings (SSSR count). The van der Waals surface area contributed by atoms with Gasteiger partial charge in [0, 0.05) is 18.8 Å². The molecule has 2 N–H and O–H groups in total. The number of aryl methyl sites for hydroxylation is 1. The number of halogens is 1. The lowest BCUT2D eigenvalue weighted by Gasteiger charge is -2.30. The lowest BCUT2D eigenvalue weighted by molar-refractivity contribution is 0.757. The molecular weight excluding hydrogens is 258 g/mol. The van der Waals surface area contributed by atoms with Gasteiger partial charge in [-0.05, 0) is 36.6 Å². The van der Waals surface area contributed by atoms with E-state index in [9.17, 15) is 0 Å². The van der Waals surface area contributed by atoms with Gasteiger partial charge in [-0.2, -0.15) is 0 Å². The van der Waals surface area contributed by atoms with Crippen molar-refractivity contribution in [2.45, 2.75) is 19.4 Å². The van der Waals surface area contributed by atoms with Crippen LogP contribution in [0.2, 0.25) is 5.02 Å². The summed E-state index contributed by atoms with van der Waals surface area (Å²) in [7, 11) is 0. The van der Waals surface area contributed by atoms with Crippen LogP contribution in [0.25, 0.3) is 0 Å². The minimum Gasteiger partial charge on any atom is -0.326 e. The third-order valence-corrected chi connectivity index (χ3v) is 3.83. The maximum atomic E-state index is 6.07. The first-order chi connectivity index (χ1) is 9.29. The van der Waals surface area contributed by atoms with E-state index in [1.54, 1.807) is 0 Å². The number of hydrogen-bond donors (Lipinski definition) is 1. The predicted molar refractivity (Wildman–Crippen MR) is 78.9 cm³/mol. The third-order valence-electron chi connectivity index (χ3n) is 3.48. The fraction of sp³-hybridized carbons (Fsp3) is 0.267. The minimum atomic E-state index is 0.363. The minimum absolute atomic E-state index is 0.363. The number of anilines is 2. The molecular formula is C15H16ClN3. The summed E-state index contributed by atoms with van der Waals surface area (Å²) in [6.07, 6.45) is 2.27. The van der Waals surface area contributed by atoms with Gasteiger partial charge in [0.25, 0.3) is 0 Å². The van der Waals surface area contributed by atoms with Gasteiger partial charge in [-0.1, -0.05) is 29.8 Å². The van der Waals surface area contributed by atoms with Crippen molar-refractivity contribution in [3.63, 3.8) is 0 Å². The van der Waals surface area contributed by atoms with Crippen LogP contribution in [-0.2, 0) is 13.0 Å². The summed E-state index contributed by atoms with van der Waals surface area (Å²) in [4.78, 5) is 6.83. The quantitative estimate of drug-likeness (QED) is 0.913. The van der Waals surface area contributed by atoms with Crippen molar-refractivity contribution >= 4 is 23.1 Å². The van der Waals surface area contributed by atoms with Crippen LogP contribution in [0.3, 0.4) is 0 Å². The molecule has 0 amide bonds. The molecule has 0 atom stereocenters. The summed E-state index contributed by atoms with van der Waals surface area (Å²) in [6.45, 7) is 1.35. The maximum absolute atomic E-state index is 6.07. The Morgan fingerprint density at radius 1 is 1.21 bits per heavy atom. The molecule has 1 aliphatic heterocycles. The Labute approximate surface area is 118 Å². The van der Waals surface area contributed by atoms with Crippen LogP contribution < -0.4 is 10.6 Å². The molecule has 98 valence electrons. The highest BCUT2D eigenvalue weighted by Gasteiger charge is 2.19. The number of para-hydroxylation sites is 1. The molecule has 1 aromatic heterocycles. The molecule has 0 fully saturated rings. The van der Waals surface area contributed by atoms with Crippen molar-refractivity contribution < 1.29 is 0 Å². The average Bonchev–Trinajstić information content (AvgIpc) is 2.47. The van der Waals surface area contributed by atoms with E-state index in [0.717, 1.165) is 30.9 Å². The number of benzene rings is 1. The van der Waals surface area contributed by atoms with Crippen molar-refractivity contribution in [3.8, 4) is 0 Å². The van der Waals surface area contributed by atoms with E-state index in [2.05, 4.69) is 34.1 Å². The van der Waals surface area contributed by atoms with Crippen LogP contribution in [0.1, 0.15) is 17.7 Å². The number of rotatable bonds is 2. The van der Waals surface area contributed by atoms with Gasteiger partial charge >= 0.3 is 0 Å². The molecule has 0 unspecified atom stereocenters. The Balaban J connectivity index is 2.04. The van der Waals surface area contributed by atoms with Crippen LogP contribution in [0.15, 0.2) is 36.4 Å². The second-order valence-electron chi connectivity index (χ2n) is 4.69. The number of pyridine rings is 1. The van der Waals surface area contributed by atoms with Gasteiger partial charge in [0.05, 0.1) is 10.7 Å². The van der Waals surface area contributed by atoms with E-state index < -0.39 is 0 Å². The Morgan fingerprint density at radius 2 is 2.05 bits per heavy atom. The van der Waals surface area contributed by atoms with Crippen molar-refractivity contribution in [1.82, 2.24) is 4.98 Å². The van der Waals surface area contributed by atoms with Gasteiger partial charge in [-0.25, -0.2) is 4.98 Å². The van der Waals surface area contributed by atoms with E-state index in [1.807, 2.05) is 12.1 Å². The molecule has 0 bridgehead atoms. The second-order valence-corrected chi connectivity index (χ2v) is 5.09. The summed E-state index contributed by atoms with van der Waals surface area (Å²) in [5, 5.41) is 0.636. The second kappa shape index (κ2) is 5.19. The Morgan fingerprint density at radius 3 is 2.89 bits per heavy atom. The van der Waals surface area contributed by atoms with Crippen molar-refractivity contribution in [2.75, 3.05) is 11.4 Å². The normalized spacial score (nSPS) is 14.3. The highest BCUT2D eigenvalue weighted by atomic mass is 35.5. The molecule has 0 spiro atoms. The van der Waals surface area contributed by atoms with E-state index in [4.69, 9.17) is 17.3 Å². The zero-order valence-electron chi connectivity index (χ0n) is 10.6. The number of aromatic nitrogens is 1. The molecule has 1 aliphatic rings. The van der Waals surface area contributed by atoms with Crippen LogP contribution in [0.4, 0.5) is 11.5 Å². The van der Waals surface area contributed by atoms with Crippen LogP contribution in [0.5, 0.6) is 0 Å². The predicted octanol–water partition coefficient (Wildman–Crippen LogP) is 3.28.